The Kier molecular flexibility index (Phi) is 2.59. The molecule has 0 aliphatic rings. The van der Waals surface area contributed by atoms with E-state index in [2.05, 4.69) is 22.6 Å². The fourth-order valence-corrected chi connectivity index (χ4v) is 1.55. The van der Waals surface area contributed by atoms with Gasteiger partial charge >= 0.3 is 0 Å². The van der Waals surface area contributed by atoms with Gasteiger partial charge in [-0.3, -0.25) is 4.99 Å². The Labute approximate surface area is 89.0 Å². The number of para-hydroxylation sites is 1. The third-order valence-corrected chi connectivity index (χ3v) is 2.25. The Morgan fingerprint density at radius 2 is 2.13 bits per heavy atom. The van der Waals surface area contributed by atoms with Crippen molar-refractivity contribution in [3.8, 4) is 0 Å². The molecule has 0 atom stereocenters. The summed E-state index contributed by atoms with van der Waals surface area (Å²) >= 11 is 0. The largest absolute Gasteiger partial charge is 0.296 e. The number of pyridine rings is 1. The van der Waals surface area contributed by atoms with Crippen LogP contribution in [-0.2, 0) is 0 Å². The predicted molar refractivity (Wildman–Crippen MR) is 65.4 cm³/mol. The van der Waals surface area contributed by atoms with E-state index in [1.54, 1.807) is 19.3 Å². The van der Waals surface area contributed by atoms with Crippen LogP contribution in [0.3, 0.4) is 0 Å². The molecule has 1 heterocycles. The van der Waals surface area contributed by atoms with Gasteiger partial charge < -0.3 is 0 Å². The van der Waals surface area contributed by atoms with Gasteiger partial charge in [-0.05, 0) is 18.2 Å². The summed E-state index contributed by atoms with van der Waals surface area (Å²) in [4.78, 5) is 8.51. The lowest BCUT2D eigenvalue weighted by atomic mass is 10.1. The lowest BCUT2D eigenvalue weighted by Gasteiger charge is -2.02. The lowest BCUT2D eigenvalue weighted by molar-refractivity contribution is 1.35. The number of fused-ring (bicyclic) bond motifs is 1. The first-order chi connectivity index (χ1) is 7.35. The number of hydrogen-bond acceptors (Lipinski definition) is 2. The zero-order valence-electron chi connectivity index (χ0n) is 8.64. The summed E-state index contributed by atoms with van der Waals surface area (Å²) < 4.78 is 0. The van der Waals surface area contributed by atoms with Crippen molar-refractivity contribution in [1.82, 2.24) is 4.98 Å². The molecule has 0 spiro atoms. The van der Waals surface area contributed by atoms with E-state index in [1.165, 1.54) is 0 Å². The molecular weight excluding hydrogens is 184 g/mol. The van der Waals surface area contributed by atoms with Crippen LogP contribution in [0.2, 0.25) is 0 Å². The molecule has 2 aromatic rings. The van der Waals surface area contributed by atoms with Gasteiger partial charge in [0.05, 0.1) is 11.2 Å². The summed E-state index contributed by atoms with van der Waals surface area (Å²) in [5.41, 5.74) is 2.87. The van der Waals surface area contributed by atoms with Crippen LogP contribution in [0.5, 0.6) is 0 Å². The van der Waals surface area contributed by atoms with E-state index in [0.717, 1.165) is 22.2 Å². The highest BCUT2D eigenvalue weighted by molar-refractivity contribution is 5.91. The molecule has 0 fully saturated rings. The van der Waals surface area contributed by atoms with Crippen LogP contribution in [0, 0.1) is 0 Å². The Bertz CT molecular complexity index is 527. The van der Waals surface area contributed by atoms with Crippen molar-refractivity contribution in [1.29, 1.82) is 0 Å². The topological polar surface area (TPSA) is 25.2 Å². The smallest absolute Gasteiger partial charge is 0.0719 e. The second-order valence-electron chi connectivity index (χ2n) is 3.25. The lowest BCUT2D eigenvalue weighted by Crippen LogP contribution is -1.92. The molecule has 2 rings (SSSR count). The first-order valence-electron chi connectivity index (χ1n) is 4.79. The van der Waals surface area contributed by atoms with Gasteiger partial charge in [0.25, 0.3) is 0 Å². The molecule has 0 amide bonds. The van der Waals surface area contributed by atoms with Crippen molar-refractivity contribution in [2.75, 3.05) is 7.05 Å². The highest BCUT2D eigenvalue weighted by Gasteiger charge is 2.01. The molecule has 0 aliphatic heterocycles. The molecule has 0 radical (unpaired) electrons. The van der Waals surface area contributed by atoms with E-state index < -0.39 is 0 Å². The van der Waals surface area contributed by atoms with E-state index in [-0.39, 0.29) is 0 Å². The van der Waals surface area contributed by atoms with Gasteiger partial charge in [0.2, 0.25) is 0 Å². The van der Waals surface area contributed by atoms with Gasteiger partial charge in [0, 0.05) is 24.2 Å². The minimum Gasteiger partial charge on any atom is -0.296 e. The summed E-state index contributed by atoms with van der Waals surface area (Å²) in [5, 5.41) is 1.12. The molecule has 1 aromatic carbocycles. The zero-order valence-corrected chi connectivity index (χ0v) is 8.64. The summed E-state index contributed by atoms with van der Waals surface area (Å²) in [6.07, 6.45) is 3.56. The van der Waals surface area contributed by atoms with Crippen molar-refractivity contribution in [3.05, 3.63) is 48.2 Å². The normalized spacial score (nSPS) is 11.0. The Morgan fingerprint density at radius 3 is 2.87 bits per heavy atom. The molecule has 15 heavy (non-hydrogen) atoms. The summed E-state index contributed by atoms with van der Waals surface area (Å²) in [6.45, 7) is 3.76. The predicted octanol–water partition coefficient (Wildman–Crippen LogP) is 2.93. The second kappa shape index (κ2) is 4.05. The summed E-state index contributed by atoms with van der Waals surface area (Å²) in [5.74, 6) is 0. The van der Waals surface area contributed by atoms with Gasteiger partial charge in [-0.25, -0.2) is 4.98 Å². The second-order valence-corrected chi connectivity index (χ2v) is 3.25. The third-order valence-electron chi connectivity index (χ3n) is 2.25. The highest BCUT2D eigenvalue weighted by Crippen LogP contribution is 2.16. The monoisotopic (exact) mass is 196 g/mol. The molecular formula is C13H12N2. The molecule has 0 unspecified atom stereocenters. The Balaban J connectivity index is 2.74. The third kappa shape index (κ3) is 1.79. The number of rotatable bonds is 2. The maximum Gasteiger partial charge on any atom is 0.0719 e. The molecule has 0 bridgehead atoms. The molecule has 1 aromatic heterocycles. The van der Waals surface area contributed by atoms with E-state index in [1.807, 2.05) is 24.3 Å². The molecule has 2 heteroatoms. The van der Waals surface area contributed by atoms with E-state index >= 15 is 0 Å². The molecule has 0 saturated carbocycles. The van der Waals surface area contributed by atoms with Gasteiger partial charge in [0.1, 0.15) is 0 Å². The van der Waals surface area contributed by atoms with Crippen LogP contribution < -0.4 is 0 Å². The van der Waals surface area contributed by atoms with Crippen LogP contribution in [-0.4, -0.2) is 18.2 Å². The minimum absolute atomic E-state index is 0.874. The number of nitrogens with zero attached hydrogens (tertiary/aromatic N) is 2. The van der Waals surface area contributed by atoms with Crippen LogP contribution >= 0.6 is 0 Å². The van der Waals surface area contributed by atoms with Crippen molar-refractivity contribution in [2.24, 2.45) is 4.99 Å². The molecule has 0 N–H and O–H groups in total. The average Bonchev–Trinajstić information content (AvgIpc) is 2.28. The van der Waals surface area contributed by atoms with Crippen LogP contribution in [0.15, 0.2) is 41.9 Å². The first-order valence-corrected chi connectivity index (χ1v) is 4.79. The van der Waals surface area contributed by atoms with Gasteiger partial charge in [-0.1, -0.05) is 24.8 Å². The number of aromatic nitrogens is 1. The van der Waals surface area contributed by atoms with Crippen LogP contribution in [0.25, 0.3) is 17.0 Å². The number of benzene rings is 1. The van der Waals surface area contributed by atoms with E-state index in [9.17, 15) is 0 Å². The molecule has 0 saturated heterocycles. The Morgan fingerprint density at radius 1 is 1.33 bits per heavy atom. The minimum atomic E-state index is 0.874. The van der Waals surface area contributed by atoms with E-state index in [4.69, 9.17) is 0 Å². The van der Waals surface area contributed by atoms with Crippen molar-refractivity contribution in [3.63, 3.8) is 0 Å². The van der Waals surface area contributed by atoms with Crippen molar-refractivity contribution in [2.45, 2.75) is 0 Å². The quantitative estimate of drug-likeness (QED) is 0.678. The summed E-state index contributed by atoms with van der Waals surface area (Å²) in [6, 6.07) is 10.1. The SMILES string of the molecule is C=Cc1nc2ccccc2cc1C=NC. The van der Waals surface area contributed by atoms with Gasteiger partial charge in [0.15, 0.2) is 0 Å². The van der Waals surface area contributed by atoms with Gasteiger partial charge in [-0.2, -0.15) is 0 Å². The maximum atomic E-state index is 4.50. The fourth-order valence-electron chi connectivity index (χ4n) is 1.55. The number of hydrogen-bond donors (Lipinski definition) is 0. The first kappa shape index (κ1) is 9.59. The molecule has 2 nitrogen and oxygen atoms in total. The van der Waals surface area contributed by atoms with Gasteiger partial charge in [-0.15, -0.1) is 0 Å². The molecule has 74 valence electrons. The average molecular weight is 196 g/mol. The van der Waals surface area contributed by atoms with Crippen molar-refractivity contribution < 1.29 is 0 Å². The zero-order chi connectivity index (χ0) is 10.7. The molecule has 0 aliphatic carbocycles. The van der Waals surface area contributed by atoms with Crippen LogP contribution in [0.4, 0.5) is 0 Å². The summed E-state index contributed by atoms with van der Waals surface area (Å²) in [7, 11) is 1.75. The number of aliphatic imine (C=N–C) groups is 1. The van der Waals surface area contributed by atoms with E-state index in [0.29, 0.717) is 0 Å². The van der Waals surface area contributed by atoms with Crippen molar-refractivity contribution >= 4 is 23.2 Å². The van der Waals surface area contributed by atoms with Crippen LogP contribution in [0.1, 0.15) is 11.3 Å². The maximum absolute atomic E-state index is 4.50. The fraction of sp³-hybridized carbons (Fsp3) is 0.0769. The Hall–Kier alpha value is -1.96. The highest BCUT2D eigenvalue weighted by atomic mass is 14.7. The standard InChI is InChI=1S/C13H12N2/c1-3-12-11(9-14-2)8-10-6-4-5-7-13(10)15-12/h3-9H,1H2,2H3.